The molecule has 1 N–H and O–H groups in total. The Morgan fingerprint density at radius 2 is 1.96 bits per heavy atom. The van der Waals surface area contributed by atoms with E-state index in [2.05, 4.69) is 10.2 Å². The van der Waals surface area contributed by atoms with Crippen LogP contribution < -0.4 is 5.32 Å². The molecule has 0 radical (unpaired) electrons. The van der Waals surface area contributed by atoms with E-state index < -0.39 is 0 Å². The van der Waals surface area contributed by atoms with Crippen molar-refractivity contribution in [3.05, 3.63) is 24.0 Å². The molecule has 3 fully saturated rings. The monoisotopic (exact) mass is 343 g/mol. The molecule has 1 unspecified atom stereocenters. The summed E-state index contributed by atoms with van der Waals surface area (Å²) >= 11 is 0. The zero-order valence-electron chi connectivity index (χ0n) is 15.2. The minimum absolute atomic E-state index is 0.0223. The highest BCUT2D eigenvalue weighted by atomic mass is 16.2. The van der Waals surface area contributed by atoms with Crippen molar-refractivity contribution in [3.63, 3.8) is 0 Å². The van der Waals surface area contributed by atoms with Gasteiger partial charge < -0.3 is 14.8 Å². The first kappa shape index (κ1) is 16.7. The Hall–Kier alpha value is -1.78. The summed E-state index contributed by atoms with van der Waals surface area (Å²) in [5.74, 6) is 1.00. The molecule has 1 aliphatic heterocycles. The molecule has 0 bridgehead atoms. The van der Waals surface area contributed by atoms with Crippen LogP contribution in [0.4, 0.5) is 0 Å². The predicted octanol–water partition coefficient (Wildman–Crippen LogP) is 2.72. The van der Waals surface area contributed by atoms with Crippen molar-refractivity contribution in [1.82, 2.24) is 14.8 Å². The van der Waals surface area contributed by atoms with Crippen molar-refractivity contribution in [3.8, 4) is 0 Å². The number of aromatic nitrogens is 1. The molecule has 5 nitrogen and oxygen atoms in total. The highest BCUT2D eigenvalue weighted by Gasteiger charge is 2.56. The van der Waals surface area contributed by atoms with E-state index in [0.717, 1.165) is 38.8 Å². The zero-order valence-corrected chi connectivity index (χ0v) is 15.2. The van der Waals surface area contributed by atoms with Gasteiger partial charge in [0.15, 0.2) is 0 Å². The van der Waals surface area contributed by atoms with Crippen molar-refractivity contribution in [2.24, 2.45) is 18.4 Å². The fourth-order valence-corrected chi connectivity index (χ4v) is 4.83. The maximum absolute atomic E-state index is 12.5. The average molecular weight is 343 g/mol. The second-order valence-electron chi connectivity index (χ2n) is 8.33. The summed E-state index contributed by atoms with van der Waals surface area (Å²) in [6, 6.07) is 4.03. The molecule has 25 heavy (non-hydrogen) atoms. The van der Waals surface area contributed by atoms with E-state index in [1.54, 1.807) is 0 Å². The van der Waals surface area contributed by atoms with Crippen LogP contribution in [0.2, 0.25) is 0 Å². The second kappa shape index (κ2) is 6.50. The minimum Gasteiger partial charge on any atom is -0.347 e. The van der Waals surface area contributed by atoms with Gasteiger partial charge in [-0.2, -0.15) is 0 Å². The number of hydrogen-bond donors (Lipinski definition) is 1. The van der Waals surface area contributed by atoms with Crippen LogP contribution >= 0.6 is 0 Å². The predicted molar refractivity (Wildman–Crippen MR) is 96.1 cm³/mol. The Kier molecular flexibility index (Phi) is 4.34. The average Bonchev–Trinajstić information content (AvgIpc) is 3.00. The highest BCUT2D eigenvalue weighted by molar-refractivity contribution is 5.93. The van der Waals surface area contributed by atoms with Crippen LogP contribution in [0.5, 0.6) is 0 Å². The summed E-state index contributed by atoms with van der Waals surface area (Å²) in [6.45, 7) is 1.73. The van der Waals surface area contributed by atoms with Gasteiger partial charge in [0.05, 0.1) is 0 Å². The smallest absolute Gasteiger partial charge is 0.268 e. The molecule has 0 aromatic carbocycles. The number of likely N-dealkylation sites (tertiary alicyclic amines) is 1. The minimum atomic E-state index is 0.0223. The zero-order chi connectivity index (χ0) is 17.4. The third-order valence-corrected chi connectivity index (χ3v) is 6.72. The van der Waals surface area contributed by atoms with Crippen LogP contribution in [0, 0.1) is 11.3 Å². The summed E-state index contributed by atoms with van der Waals surface area (Å²) in [4.78, 5) is 26.9. The second-order valence-corrected chi connectivity index (χ2v) is 8.33. The molecule has 1 aromatic rings. The number of amides is 2. The Labute approximate surface area is 149 Å². The molecule has 2 saturated carbocycles. The van der Waals surface area contributed by atoms with E-state index in [9.17, 15) is 9.59 Å². The van der Waals surface area contributed by atoms with Crippen molar-refractivity contribution >= 4 is 11.8 Å². The van der Waals surface area contributed by atoms with Gasteiger partial charge in [-0.05, 0) is 55.6 Å². The summed E-state index contributed by atoms with van der Waals surface area (Å²) in [5, 5.41) is 3.20. The molecular formula is C20H29N3O2. The normalized spacial score (nSPS) is 25.3. The highest BCUT2D eigenvalue weighted by Crippen LogP contribution is 2.54. The van der Waals surface area contributed by atoms with Crippen LogP contribution in [-0.2, 0) is 11.8 Å². The van der Waals surface area contributed by atoms with Crippen molar-refractivity contribution in [1.29, 1.82) is 0 Å². The summed E-state index contributed by atoms with van der Waals surface area (Å²) in [5.41, 5.74) is 0.955. The number of carbonyl (C=O) groups excluding carboxylic acids is 2. The quantitative estimate of drug-likeness (QED) is 0.914. The van der Waals surface area contributed by atoms with E-state index in [1.165, 1.54) is 25.7 Å². The Morgan fingerprint density at radius 1 is 1.24 bits per heavy atom. The third-order valence-electron chi connectivity index (χ3n) is 6.72. The number of nitrogens with zero attached hydrogens (tertiary/aromatic N) is 2. The fraction of sp³-hybridized carbons (Fsp3) is 0.700. The van der Waals surface area contributed by atoms with Gasteiger partial charge in [-0.15, -0.1) is 0 Å². The lowest BCUT2D eigenvalue weighted by atomic mass is 9.91. The lowest BCUT2D eigenvalue weighted by molar-refractivity contribution is -0.133. The number of piperidine rings is 1. The van der Waals surface area contributed by atoms with E-state index in [1.807, 2.05) is 29.9 Å². The van der Waals surface area contributed by atoms with Gasteiger partial charge in [0.1, 0.15) is 5.69 Å². The van der Waals surface area contributed by atoms with Gasteiger partial charge >= 0.3 is 0 Å². The van der Waals surface area contributed by atoms with Crippen LogP contribution in [-0.4, -0.2) is 40.4 Å². The van der Waals surface area contributed by atoms with E-state index in [4.69, 9.17) is 0 Å². The van der Waals surface area contributed by atoms with Gasteiger partial charge in [0.2, 0.25) is 5.91 Å². The van der Waals surface area contributed by atoms with E-state index in [0.29, 0.717) is 17.5 Å². The summed E-state index contributed by atoms with van der Waals surface area (Å²) in [7, 11) is 1.89. The first-order chi connectivity index (χ1) is 12.1. The number of rotatable bonds is 4. The topological polar surface area (TPSA) is 54.3 Å². The number of nitrogens with one attached hydrogen (secondary N) is 1. The molecule has 1 atom stereocenters. The molecule has 1 spiro atoms. The van der Waals surface area contributed by atoms with Gasteiger partial charge in [-0.25, -0.2) is 0 Å². The lowest BCUT2D eigenvalue weighted by Crippen LogP contribution is -2.42. The number of carbonyl (C=O) groups is 2. The molecule has 136 valence electrons. The lowest BCUT2D eigenvalue weighted by Gasteiger charge is -2.33. The molecule has 4 rings (SSSR count). The maximum atomic E-state index is 12.5. The summed E-state index contributed by atoms with van der Waals surface area (Å²) < 4.78 is 1.86. The standard InChI is InChI=1S/C20H29N3O2/c1-22-10-4-7-16(22)19(25)21-17-14-20(17)8-11-23(12-9-20)18(24)13-15-5-2-3-6-15/h4,7,10,15,17H,2-3,5-6,8-9,11-14H2,1H3,(H,21,25). The van der Waals surface area contributed by atoms with Crippen LogP contribution in [0.25, 0.3) is 0 Å². The number of hydrogen-bond acceptors (Lipinski definition) is 2. The molecule has 5 heteroatoms. The van der Waals surface area contributed by atoms with Crippen molar-refractivity contribution < 1.29 is 9.59 Å². The molecule has 1 saturated heterocycles. The third kappa shape index (κ3) is 3.33. The first-order valence-electron chi connectivity index (χ1n) is 9.77. The van der Waals surface area contributed by atoms with Gasteiger partial charge in [-0.1, -0.05) is 12.8 Å². The van der Waals surface area contributed by atoms with Crippen molar-refractivity contribution in [2.75, 3.05) is 13.1 Å². The Balaban J connectivity index is 1.26. The van der Waals surface area contributed by atoms with Crippen LogP contribution in [0.15, 0.2) is 18.3 Å². The molecule has 2 aliphatic carbocycles. The summed E-state index contributed by atoms with van der Waals surface area (Å²) in [6.07, 6.45) is 10.8. The van der Waals surface area contributed by atoms with Crippen LogP contribution in [0.1, 0.15) is 61.9 Å². The molecule has 2 amide bonds. The maximum Gasteiger partial charge on any atom is 0.268 e. The van der Waals surface area contributed by atoms with Crippen molar-refractivity contribution in [2.45, 2.75) is 57.4 Å². The SMILES string of the molecule is Cn1cccc1C(=O)NC1CC12CCN(C(=O)CC1CCCC1)CC2. The first-order valence-corrected chi connectivity index (χ1v) is 9.77. The molecule has 3 aliphatic rings. The number of aryl methyl sites for hydroxylation is 1. The molecule has 2 heterocycles. The molecule has 1 aromatic heterocycles. The Bertz CT molecular complexity index is 652. The Morgan fingerprint density at radius 3 is 2.60 bits per heavy atom. The van der Waals surface area contributed by atoms with E-state index in [-0.39, 0.29) is 17.4 Å². The van der Waals surface area contributed by atoms with E-state index >= 15 is 0 Å². The van der Waals surface area contributed by atoms with Gasteiger partial charge in [-0.3, -0.25) is 9.59 Å². The van der Waals surface area contributed by atoms with Gasteiger partial charge in [0, 0.05) is 38.8 Å². The largest absolute Gasteiger partial charge is 0.347 e. The fourth-order valence-electron chi connectivity index (χ4n) is 4.83. The molecular weight excluding hydrogens is 314 g/mol. The van der Waals surface area contributed by atoms with Crippen LogP contribution in [0.3, 0.4) is 0 Å². The van der Waals surface area contributed by atoms with Gasteiger partial charge in [0.25, 0.3) is 5.91 Å².